The average molecular weight is 284 g/mol. The Kier molecular flexibility index (Phi) is 4.69. The largest absolute Gasteiger partial charge is 0.490 e. The van der Waals surface area contributed by atoms with Crippen LogP contribution in [0.2, 0.25) is 0 Å². The Morgan fingerprint density at radius 3 is 2.00 bits per heavy atom. The highest BCUT2D eigenvalue weighted by molar-refractivity contribution is 5.43. The van der Waals surface area contributed by atoms with Crippen molar-refractivity contribution in [3.05, 3.63) is 63.7 Å². The van der Waals surface area contributed by atoms with Gasteiger partial charge in [-0.1, -0.05) is 41.5 Å². The van der Waals surface area contributed by atoms with Gasteiger partial charge in [0.15, 0.2) is 0 Å². The fourth-order valence-electron chi connectivity index (χ4n) is 2.85. The fraction of sp³-hybridized carbons (Fsp3) is 0.368. The third kappa shape index (κ3) is 3.64. The molecular weight excluding hydrogens is 260 g/mol. The van der Waals surface area contributed by atoms with Crippen LogP contribution in [0, 0.1) is 34.6 Å². The summed E-state index contributed by atoms with van der Waals surface area (Å²) in [6.07, 6.45) is -0.606. The van der Waals surface area contributed by atoms with E-state index in [9.17, 15) is 5.11 Å². The van der Waals surface area contributed by atoms with E-state index in [1.165, 1.54) is 11.1 Å². The second kappa shape index (κ2) is 6.31. The highest BCUT2D eigenvalue weighted by Crippen LogP contribution is 2.26. The normalized spacial score (nSPS) is 12.3. The van der Waals surface area contributed by atoms with Gasteiger partial charge >= 0.3 is 0 Å². The van der Waals surface area contributed by atoms with Crippen LogP contribution in [0.5, 0.6) is 5.75 Å². The molecule has 0 bridgehead atoms. The average Bonchev–Trinajstić information content (AvgIpc) is 2.36. The summed E-state index contributed by atoms with van der Waals surface area (Å²) in [6.45, 7) is 10.5. The van der Waals surface area contributed by atoms with Crippen molar-refractivity contribution in [1.82, 2.24) is 0 Å². The second-order valence-electron chi connectivity index (χ2n) is 5.91. The minimum Gasteiger partial charge on any atom is -0.490 e. The molecule has 0 amide bonds. The molecule has 0 aliphatic heterocycles. The van der Waals surface area contributed by atoms with Crippen LogP contribution in [0.3, 0.4) is 0 Å². The fourth-order valence-corrected chi connectivity index (χ4v) is 2.85. The lowest BCUT2D eigenvalue weighted by atomic mass is 10.0. The maximum absolute atomic E-state index is 10.4. The molecule has 0 aliphatic carbocycles. The molecule has 2 rings (SSSR count). The first-order chi connectivity index (χ1) is 9.88. The number of hydrogen-bond acceptors (Lipinski definition) is 2. The molecule has 0 spiro atoms. The summed E-state index contributed by atoms with van der Waals surface area (Å²) in [7, 11) is 0. The number of rotatable bonds is 4. The SMILES string of the molecule is Cc1ccc(C(O)COc2c(C)cc(C)cc2C)c(C)c1. The van der Waals surface area contributed by atoms with Crippen LogP contribution in [0.25, 0.3) is 0 Å². The molecule has 0 saturated carbocycles. The molecule has 0 heterocycles. The maximum atomic E-state index is 10.4. The number of aliphatic hydroxyl groups excluding tert-OH is 1. The first-order valence-corrected chi connectivity index (χ1v) is 7.34. The van der Waals surface area contributed by atoms with E-state index >= 15 is 0 Å². The molecule has 2 aromatic rings. The van der Waals surface area contributed by atoms with Crippen molar-refractivity contribution in [2.24, 2.45) is 0 Å². The minimum absolute atomic E-state index is 0.272. The van der Waals surface area contributed by atoms with E-state index in [1.54, 1.807) is 0 Å². The highest BCUT2D eigenvalue weighted by atomic mass is 16.5. The van der Waals surface area contributed by atoms with Gasteiger partial charge in [0, 0.05) is 0 Å². The van der Waals surface area contributed by atoms with Crippen molar-refractivity contribution in [2.45, 2.75) is 40.7 Å². The van der Waals surface area contributed by atoms with Gasteiger partial charge in [-0.2, -0.15) is 0 Å². The van der Waals surface area contributed by atoms with Crippen LogP contribution < -0.4 is 4.74 Å². The third-order valence-electron chi connectivity index (χ3n) is 3.77. The zero-order chi connectivity index (χ0) is 15.6. The zero-order valence-electron chi connectivity index (χ0n) is 13.5. The van der Waals surface area contributed by atoms with Gasteiger partial charge in [-0.25, -0.2) is 0 Å². The standard InChI is InChI=1S/C19H24O2/c1-12-6-7-17(14(3)8-12)18(20)11-21-19-15(4)9-13(2)10-16(19)5/h6-10,18,20H,11H2,1-5H3. The zero-order valence-corrected chi connectivity index (χ0v) is 13.5. The number of aryl methyl sites for hydroxylation is 5. The van der Waals surface area contributed by atoms with Crippen LogP contribution in [0.1, 0.15) is 39.5 Å². The molecule has 2 aromatic carbocycles. The molecule has 1 atom stereocenters. The lowest BCUT2D eigenvalue weighted by molar-refractivity contribution is 0.107. The lowest BCUT2D eigenvalue weighted by Gasteiger charge is -2.18. The first-order valence-electron chi connectivity index (χ1n) is 7.34. The monoisotopic (exact) mass is 284 g/mol. The Labute approximate surface area is 127 Å². The Hall–Kier alpha value is -1.80. The lowest BCUT2D eigenvalue weighted by Crippen LogP contribution is -2.12. The number of benzene rings is 2. The van der Waals surface area contributed by atoms with Crippen LogP contribution in [0.4, 0.5) is 0 Å². The number of ether oxygens (including phenoxy) is 1. The van der Waals surface area contributed by atoms with Crippen molar-refractivity contribution in [3.63, 3.8) is 0 Å². The van der Waals surface area contributed by atoms with Gasteiger partial charge in [0.1, 0.15) is 18.5 Å². The Morgan fingerprint density at radius 1 is 0.857 bits per heavy atom. The van der Waals surface area contributed by atoms with Gasteiger partial charge in [0.05, 0.1) is 0 Å². The van der Waals surface area contributed by atoms with Crippen molar-refractivity contribution < 1.29 is 9.84 Å². The molecule has 0 saturated heterocycles. The van der Waals surface area contributed by atoms with Gasteiger partial charge < -0.3 is 9.84 Å². The Balaban J connectivity index is 2.13. The van der Waals surface area contributed by atoms with Crippen LogP contribution in [-0.4, -0.2) is 11.7 Å². The molecule has 21 heavy (non-hydrogen) atoms. The summed E-state index contributed by atoms with van der Waals surface area (Å²) in [5, 5.41) is 10.4. The molecule has 0 aliphatic rings. The van der Waals surface area contributed by atoms with Crippen molar-refractivity contribution in [3.8, 4) is 5.75 Å². The molecule has 112 valence electrons. The minimum atomic E-state index is -0.606. The smallest absolute Gasteiger partial charge is 0.125 e. The van der Waals surface area contributed by atoms with E-state index in [-0.39, 0.29) is 6.61 Å². The molecule has 1 N–H and O–H groups in total. The predicted octanol–water partition coefficient (Wildman–Crippen LogP) is 4.34. The van der Waals surface area contributed by atoms with Gasteiger partial charge in [-0.15, -0.1) is 0 Å². The third-order valence-corrected chi connectivity index (χ3v) is 3.77. The van der Waals surface area contributed by atoms with Crippen molar-refractivity contribution in [1.29, 1.82) is 0 Å². The molecule has 0 fully saturated rings. The van der Waals surface area contributed by atoms with Gasteiger partial charge in [-0.3, -0.25) is 0 Å². The summed E-state index contributed by atoms with van der Waals surface area (Å²) < 4.78 is 5.87. The number of aliphatic hydroxyl groups is 1. The Bertz CT molecular complexity index is 621. The Morgan fingerprint density at radius 2 is 1.43 bits per heavy atom. The second-order valence-corrected chi connectivity index (χ2v) is 5.91. The predicted molar refractivity (Wildman–Crippen MR) is 87.0 cm³/mol. The van der Waals surface area contributed by atoms with Crippen LogP contribution >= 0.6 is 0 Å². The maximum Gasteiger partial charge on any atom is 0.125 e. The van der Waals surface area contributed by atoms with E-state index in [1.807, 2.05) is 32.9 Å². The summed E-state index contributed by atoms with van der Waals surface area (Å²) in [4.78, 5) is 0. The first kappa shape index (κ1) is 15.6. The molecule has 0 aromatic heterocycles. The van der Waals surface area contributed by atoms with E-state index in [0.717, 1.165) is 28.0 Å². The molecule has 2 nitrogen and oxygen atoms in total. The summed E-state index contributed by atoms with van der Waals surface area (Å²) in [6, 6.07) is 10.3. The van der Waals surface area contributed by atoms with E-state index < -0.39 is 6.10 Å². The van der Waals surface area contributed by atoms with Gasteiger partial charge in [0.25, 0.3) is 0 Å². The quantitative estimate of drug-likeness (QED) is 0.905. The topological polar surface area (TPSA) is 29.5 Å². The summed E-state index contributed by atoms with van der Waals surface area (Å²) >= 11 is 0. The molecule has 1 unspecified atom stereocenters. The summed E-state index contributed by atoms with van der Waals surface area (Å²) in [5.74, 6) is 0.879. The van der Waals surface area contributed by atoms with E-state index in [4.69, 9.17) is 4.74 Å². The van der Waals surface area contributed by atoms with Gasteiger partial charge in [-0.05, 0) is 56.9 Å². The molecular formula is C19H24O2. The summed E-state index contributed by atoms with van der Waals surface area (Å²) in [5.41, 5.74) is 6.69. The molecule has 0 radical (unpaired) electrons. The van der Waals surface area contributed by atoms with Gasteiger partial charge in [0.2, 0.25) is 0 Å². The van der Waals surface area contributed by atoms with E-state index in [2.05, 4.69) is 32.0 Å². The van der Waals surface area contributed by atoms with Crippen LogP contribution in [0.15, 0.2) is 30.3 Å². The highest BCUT2D eigenvalue weighted by Gasteiger charge is 2.13. The number of hydrogen-bond donors (Lipinski definition) is 1. The molecule has 2 heteroatoms. The van der Waals surface area contributed by atoms with Crippen LogP contribution in [-0.2, 0) is 0 Å². The van der Waals surface area contributed by atoms with Crippen molar-refractivity contribution >= 4 is 0 Å². The van der Waals surface area contributed by atoms with Crippen molar-refractivity contribution in [2.75, 3.05) is 6.61 Å². The van der Waals surface area contributed by atoms with E-state index in [0.29, 0.717) is 0 Å².